The standard InChI is InChI=1S/C33H33FN2O2Si/c1-33(2,3)39(28-13-7-5-8-14-28,29-15-9-6-10-16-29)38-31-21-24(20-25-12-11-17-30(34)32(25)31)18-19-27-22-26(23-37)35-36(27)4/h5-22,37H,23H2,1-4H3. The minimum Gasteiger partial charge on any atom is -0.533 e. The third-order valence-corrected chi connectivity index (χ3v) is 12.1. The molecule has 0 bridgehead atoms. The van der Waals surface area contributed by atoms with Crippen LogP contribution in [0.3, 0.4) is 0 Å². The fraction of sp³-hybridized carbons (Fsp3) is 0.182. The second-order valence-corrected chi connectivity index (χ2v) is 15.0. The van der Waals surface area contributed by atoms with Gasteiger partial charge in [-0.25, -0.2) is 4.39 Å². The van der Waals surface area contributed by atoms with Gasteiger partial charge < -0.3 is 9.53 Å². The highest BCUT2D eigenvalue weighted by Crippen LogP contribution is 2.40. The van der Waals surface area contributed by atoms with Crippen LogP contribution in [0.1, 0.15) is 37.7 Å². The van der Waals surface area contributed by atoms with Gasteiger partial charge in [-0.3, -0.25) is 4.68 Å². The average Bonchev–Trinajstić information content (AvgIpc) is 3.30. The van der Waals surface area contributed by atoms with E-state index in [0.717, 1.165) is 27.0 Å². The summed E-state index contributed by atoms with van der Waals surface area (Å²) in [5.74, 6) is 0.218. The Morgan fingerprint density at radius 1 is 0.872 bits per heavy atom. The molecule has 1 aromatic heterocycles. The molecule has 0 aliphatic carbocycles. The Morgan fingerprint density at radius 3 is 2.08 bits per heavy atom. The first kappa shape index (κ1) is 26.6. The van der Waals surface area contributed by atoms with E-state index in [1.807, 2.05) is 79.9 Å². The van der Waals surface area contributed by atoms with Crippen LogP contribution in [0.4, 0.5) is 4.39 Å². The molecule has 0 aliphatic rings. The third-order valence-electron chi connectivity index (χ3n) is 7.17. The molecule has 0 radical (unpaired) electrons. The molecule has 0 fully saturated rings. The highest BCUT2D eigenvalue weighted by atomic mass is 28.4. The number of halogens is 1. The Labute approximate surface area is 230 Å². The summed E-state index contributed by atoms with van der Waals surface area (Å²) in [6.45, 7) is 6.52. The van der Waals surface area contributed by atoms with Crippen LogP contribution in [0.2, 0.25) is 5.04 Å². The zero-order valence-electron chi connectivity index (χ0n) is 22.7. The smallest absolute Gasteiger partial charge is 0.319 e. The van der Waals surface area contributed by atoms with E-state index in [9.17, 15) is 5.11 Å². The number of hydrogen-bond acceptors (Lipinski definition) is 3. The summed E-state index contributed by atoms with van der Waals surface area (Å²) in [5.41, 5.74) is 2.34. The molecule has 198 valence electrons. The van der Waals surface area contributed by atoms with Crippen molar-refractivity contribution >= 4 is 41.6 Å². The lowest BCUT2D eigenvalue weighted by Gasteiger charge is -2.43. The molecule has 6 heteroatoms. The van der Waals surface area contributed by atoms with Gasteiger partial charge in [0.05, 0.1) is 23.4 Å². The summed E-state index contributed by atoms with van der Waals surface area (Å²) in [4.78, 5) is 0. The summed E-state index contributed by atoms with van der Waals surface area (Å²) < 4.78 is 24.5. The predicted molar refractivity (Wildman–Crippen MR) is 160 cm³/mol. The maximum Gasteiger partial charge on any atom is 0.319 e. The van der Waals surface area contributed by atoms with Gasteiger partial charge >= 0.3 is 8.32 Å². The van der Waals surface area contributed by atoms with Crippen molar-refractivity contribution in [2.45, 2.75) is 32.4 Å². The number of aromatic nitrogens is 2. The monoisotopic (exact) mass is 536 g/mol. The van der Waals surface area contributed by atoms with Gasteiger partial charge in [0.15, 0.2) is 0 Å². The molecule has 5 aromatic rings. The number of hydrogen-bond donors (Lipinski definition) is 1. The molecule has 4 nitrogen and oxygen atoms in total. The molecule has 0 spiro atoms. The number of aliphatic hydroxyl groups is 1. The van der Waals surface area contributed by atoms with Gasteiger partial charge in [-0.2, -0.15) is 5.10 Å². The largest absolute Gasteiger partial charge is 0.533 e. The van der Waals surface area contributed by atoms with Gasteiger partial charge in [-0.05, 0) is 56.7 Å². The molecule has 1 N–H and O–H groups in total. The van der Waals surface area contributed by atoms with Gasteiger partial charge in [0, 0.05) is 7.05 Å². The van der Waals surface area contributed by atoms with Gasteiger partial charge in [-0.15, -0.1) is 0 Å². The van der Waals surface area contributed by atoms with Gasteiger partial charge in [-0.1, -0.05) is 99.6 Å². The van der Waals surface area contributed by atoms with Crippen LogP contribution in [-0.2, 0) is 13.7 Å². The molecule has 0 aliphatic heterocycles. The minimum absolute atomic E-state index is 0.118. The van der Waals surface area contributed by atoms with Crippen molar-refractivity contribution in [1.82, 2.24) is 9.78 Å². The normalized spacial score (nSPS) is 12.4. The molecule has 0 unspecified atom stereocenters. The lowest BCUT2D eigenvalue weighted by Crippen LogP contribution is -2.68. The van der Waals surface area contributed by atoms with Crippen molar-refractivity contribution in [3.05, 3.63) is 120 Å². The predicted octanol–water partition coefficient (Wildman–Crippen LogP) is 6.31. The summed E-state index contributed by atoms with van der Waals surface area (Å²) >= 11 is 0. The maximum atomic E-state index is 15.5. The van der Waals surface area contributed by atoms with Gasteiger partial charge in [0.1, 0.15) is 11.6 Å². The Bertz CT molecular complexity index is 1580. The SMILES string of the molecule is Cn1nc(CO)cc1C=Cc1cc(O[Si](c2ccccc2)(c2ccccc2)C(C)(C)C)c2c(F)cccc2c1. The zero-order valence-corrected chi connectivity index (χ0v) is 23.7. The second kappa shape index (κ2) is 10.6. The zero-order chi connectivity index (χ0) is 27.6. The molecular weight excluding hydrogens is 503 g/mol. The summed E-state index contributed by atoms with van der Waals surface area (Å²) in [5, 5.41) is 17.0. The second-order valence-electron chi connectivity index (χ2n) is 10.8. The Morgan fingerprint density at radius 2 is 1.51 bits per heavy atom. The van der Waals surface area contributed by atoms with Crippen molar-refractivity contribution in [2.24, 2.45) is 7.05 Å². The van der Waals surface area contributed by atoms with Crippen LogP contribution in [-0.4, -0.2) is 23.2 Å². The molecule has 1 heterocycles. The van der Waals surface area contributed by atoms with Crippen molar-refractivity contribution in [3.8, 4) is 5.75 Å². The maximum absolute atomic E-state index is 15.5. The first-order valence-corrected chi connectivity index (χ1v) is 15.0. The van der Waals surface area contributed by atoms with E-state index in [0.29, 0.717) is 16.8 Å². The van der Waals surface area contributed by atoms with E-state index in [1.54, 1.807) is 10.7 Å². The van der Waals surface area contributed by atoms with E-state index in [1.165, 1.54) is 6.07 Å². The number of aryl methyl sites for hydroxylation is 1. The lowest BCUT2D eigenvalue weighted by atomic mass is 10.0. The lowest BCUT2D eigenvalue weighted by molar-refractivity contribution is 0.275. The molecule has 0 amide bonds. The highest BCUT2D eigenvalue weighted by Gasteiger charge is 2.52. The molecule has 4 aromatic carbocycles. The van der Waals surface area contributed by atoms with Gasteiger partial charge in [0.2, 0.25) is 0 Å². The summed E-state index contributed by atoms with van der Waals surface area (Å²) in [6, 6.07) is 31.6. The quantitative estimate of drug-likeness (QED) is 0.248. The minimum atomic E-state index is -2.98. The first-order valence-electron chi connectivity index (χ1n) is 13.1. The Hall–Kier alpha value is -4.00. The third kappa shape index (κ3) is 5.05. The number of benzene rings is 4. The van der Waals surface area contributed by atoms with Crippen molar-refractivity contribution in [1.29, 1.82) is 0 Å². The Balaban J connectivity index is 1.73. The molecular formula is C33H33FN2O2Si. The number of rotatable bonds is 7. The van der Waals surface area contributed by atoms with Crippen LogP contribution < -0.4 is 14.8 Å². The molecule has 0 atom stereocenters. The van der Waals surface area contributed by atoms with Gasteiger partial charge in [0.25, 0.3) is 0 Å². The van der Waals surface area contributed by atoms with E-state index >= 15 is 4.39 Å². The summed E-state index contributed by atoms with van der Waals surface area (Å²) in [7, 11) is -1.14. The first-order chi connectivity index (χ1) is 18.7. The number of aliphatic hydroxyl groups excluding tert-OH is 1. The Kier molecular flexibility index (Phi) is 7.25. The van der Waals surface area contributed by atoms with Crippen LogP contribution >= 0.6 is 0 Å². The van der Waals surface area contributed by atoms with Crippen LogP contribution in [0.25, 0.3) is 22.9 Å². The van der Waals surface area contributed by atoms with E-state index in [2.05, 4.69) is 50.1 Å². The van der Waals surface area contributed by atoms with Crippen LogP contribution in [0, 0.1) is 5.82 Å². The van der Waals surface area contributed by atoms with Crippen LogP contribution in [0.5, 0.6) is 5.75 Å². The molecule has 0 saturated carbocycles. The molecule has 5 rings (SSSR count). The molecule has 0 saturated heterocycles. The van der Waals surface area contributed by atoms with E-state index < -0.39 is 8.32 Å². The number of nitrogens with zero attached hydrogens (tertiary/aromatic N) is 2. The van der Waals surface area contributed by atoms with Crippen molar-refractivity contribution < 1.29 is 13.9 Å². The van der Waals surface area contributed by atoms with Crippen molar-refractivity contribution in [2.75, 3.05) is 0 Å². The topological polar surface area (TPSA) is 47.3 Å². The molecule has 39 heavy (non-hydrogen) atoms. The highest BCUT2D eigenvalue weighted by molar-refractivity contribution is 7.00. The van der Waals surface area contributed by atoms with E-state index in [4.69, 9.17) is 4.43 Å². The van der Waals surface area contributed by atoms with Crippen molar-refractivity contribution in [3.63, 3.8) is 0 Å². The average molecular weight is 537 g/mol. The van der Waals surface area contributed by atoms with Crippen LogP contribution in [0.15, 0.2) is 97.1 Å². The number of fused-ring (bicyclic) bond motifs is 1. The fourth-order valence-corrected chi connectivity index (χ4v) is 9.74. The summed E-state index contributed by atoms with van der Waals surface area (Å²) in [6.07, 6.45) is 3.92. The van der Waals surface area contributed by atoms with E-state index in [-0.39, 0.29) is 17.5 Å². The fourth-order valence-electron chi connectivity index (χ4n) is 5.32.